The lowest BCUT2D eigenvalue weighted by atomic mass is 9.86. The largest absolute Gasteiger partial charge is 0.228 e. The van der Waals surface area contributed by atoms with Gasteiger partial charge in [0.25, 0.3) is 0 Å². The molecule has 17 heavy (non-hydrogen) atoms. The Kier molecular flexibility index (Phi) is 2.58. The fourth-order valence-corrected chi connectivity index (χ4v) is 5.47. The third-order valence-corrected chi connectivity index (χ3v) is 6.60. The van der Waals surface area contributed by atoms with Gasteiger partial charge in [-0.15, -0.1) is 0 Å². The lowest BCUT2D eigenvalue weighted by Gasteiger charge is -2.37. The molecule has 2 bridgehead atoms. The van der Waals surface area contributed by atoms with Gasteiger partial charge < -0.3 is 0 Å². The van der Waals surface area contributed by atoms with E-state index in [0.717, 1.165) is 12.8 Å². The van der Waals surface area contributed by atoms with Crippen LogP contribution in [-0.4, -0.2) is 18.9 Å². The summed E-state index contributed by atoms with van der Waals surface area (Å²) in [6.45, 7) is 0. The van der Waals surface area contributed by atoms with Crippen LogP contribution in [0.4, 0.5) is 0 Å². The van der Waals surface area contributed by atoms with Crippen LogP contribution in [0, 0.1) is 0 Å². The molecule has 3 atom stereocenters. The molecule has 2 aliphatic rings. The number of rotatable bonds is 1. The smallest absolute Gasteiger partial charge is 0.160 e. The van der Waals surface area contributed by atoms with Crippen LogP contribution in [0.3, 0.4) is 0 Å². The van der Waals surface area contributed by atoms with Crippen molar-refractivity contribution in [2.45, 2.75) is 35.7 Å². The molecule has 2 aliphatic heterocycles. The summed E-state index contributed by atoms with van der Waals surface area (Å²) in [6, 6.07) is 10.1. The first-order valence-corrected chi connectivity index (χ1v) is 7.75. The minimum absolute atomic E-state index is 0.183. The van der Waals surface area contributed by atoms with E-state index in [1.54, 1.807) is 0 Å². The van der Waals surface area contributed by atoms with Crippen molar-refractivity contribution in [2.24, 2.45) is 0 Å². The second-order valence-corrected chi connectivity index (χ2v) is 7.31. The molecule has 3 unspecified atom stereocenters. The van der Waals surface area contributed by atoms with Gasteiger partial charge in [0.1, 0.15) is 0 Å². The third kappa shape index (κ3) is 1.73. The molecule has 0 saturated carbocycles. The summed E-state index contributed by atoms with van der Waals surface area (Å²) in [5.41, 5.74) is 1.18. The Morgan fingerprint density at radius 3 is 2.59 bits per heavy atom. The van der Waals surface area contributed by atoms with Gasteiger partial charge in [-0.1, -0.05) is 42.5 Å². The van der Waals surface area contributed by atoms with Gasteiger partial charge in [0.05, 0.1) is 10.5 Å². The van der Waals surface area contributed by atoms with Crippen molar-refractivity contribution < 1.29 is 8.42 Å². The molecule has 2 heterocycles. The highest BCUT2D eigenvalue weighted by atomic mass is 32.2. The third-order valence-electron chi connectivity index (χ3n) is 4.00. The molecule has 3 heteroatoms. The Hall–Kier alpha value is -1.09. The van der Waals surface area contributed by atoms with Gasteiger partial charge >= 0.3 is 0 Å². The standard InChI is InChI=1S/C14H16O2S/c15-17(16)12-7-4-8-14(17)13(10-9-12)11-5-2-1-3-6-11/h1-7,12-14H,8-10H2. The summed E-state index contributed by atoms with van der Waals surface area (Å²) in [4.78, 5) is 0. The van der Waals surface area contributed by atoms with E-state index in [9.17, 15) is 8.42 Å². The van der Waals surface area contributed by atoms with Gasteiger partial charge in [-0.3, -0.25) is 0 Å². The van der Waals surface area contributed by atoms with Crippen LogP contribution in [0.5, 0.6) is 0 Å². The van der Waals surface area contributed by atoms with Gasteiger partial charge in [-0.25, -0.2) is 8.42 Å². The van der Waals surface area contributed by atoms with Crippen LogP contribution in [0.15, 0.2) is 42.5 Å². The Labute approximate surface area is 102 Å². The maximum absolute atomic E-state index is 12.3. The zero-order valence-electron chi connectivity index (χ0n) is 9.62. The van der Waals surface area contributed by atoms with Gasteiger partial charge in [0, 0.05) is 5.92 Å². The number of allylic oxidation sites excluding steroid dienone is 1. The van der Waals surface area contributed by atoms with Crippen molar-refractivity contribution in [1.29, 1.82) is 0 Å². The molecule has 0 aromatic heterocycles. The first-order chi connectivity index (χ1) is 8.19. The summed E-state index contributed by atoms with van der Waals surface area (Å²) in [7, 11) is -2.95. The average Bonchev–Trinajstić information content (AvgIpc) is 2.28. The van der Waals surface area contributed by atoms with E-state index in [4.69, 9.17) is 0 Å². The predicted octanol–water partition coefficient (Wildman–Crippen LogP) is 2.68. The summed E-state index contributed by atoms with van der Waals surface area (Å²) in [5.74, 6) is 0.183. The summed E-state index contributed by atoms with van der Waals surface area (Å²) in [5, 5.41) is -0.421. The van der Waals surface area contributed by atoms with Crippen LogP contribution in [0.1, 0.15) is 30.7 Å². The summed E-state index contributed by atoms with van der Waals surface area (Å²) in [6.07, 6.45) is 6.37. The quantitative estimate of drug-likeness (QED) is 0.716. The minimum Gasteiger partial charge on any atom is -0.228 e. The first kappa shape index (κ1) is 11.0. The molecule has 1 fully saturated rings. The number of benzene rings is 1. The SMILES string of the molecule is O=S1(=O)C2C=CCC1C(c1ccccc1)CC2. The highest BCUT2D eigenvalue weighted by Crippen LogP contribution is 2.41. The molecular formula is C14H16O2S. The second-order valence-electron chi connectivity index (χ2n) is 4.92. The van der Waals surface area contributed by atoms with E-state index in [0.29, 0.717) is 6.42 Å². The van der Waals surface area contributed by atoms with Crippen molar-refractivity contribution in [3.8, 4) is 0 Å². The molecule has 90 valence electrons. The van der Waals surface area contributed by atoms with Crippen LogP contribution in [0.25, 0.3) is 0 Å². The molecule has 0 spiro atoms. The van der Waals surface area contributed by atoms with E-state index in [1.807, 2.05) is 30.4 Å². The number of fused-ring (bicyclic) bond motifs is 2. The van der Waals surface area contributed by atoms with E-state index in [1.165, 1.54) is 5.56 Å². The van der Waals surface area contributed by atoms with E-state index in [2.05, 4.69) is 12.1 Å². The Balaban J connectivity index is 2.02. The molecule has 2 nitrogen and oxygen atoms in total. The molecule has 0 aliphatic carbocycles. The fourth-order valence-electron chi connectivity index (χ4n) is 3.10. The summed E-state index contributed by atoms with van der Waals surface area (Å²) >= 11 is 0. The Bertz CT molecular complexity index is 531. The lowest BCUT2D eigenvalue weighted by Crippen LogP contribution is -2.42. The fraction of sp³-hybridized carbons (Fsp3) is 0.429. The topological polar surface area (TPSA) is 34.1 Å². The van der Waals surface area contributed by atoms with Crippen molar-refractivity contribution in [3.63, 3.8) is 0 Å². The second kappa shape index (κ2) is 3.98. The molecule has 1 aromatic carbocycles. The molecule has 0 N–H and O–H groups in total. The normalized spacial score (nSPS) is 34.5. The molecule has 1 saturated heterocycles. The maximum atomic E-state index is 12.3. The van der Waals surface area contributed by atoms with Crippen molar-refractivity contribution >= 4 is 9.84 Å². The Morgan fingerprint density at radius 2 is 1.82 bits per heavy atom. The molecular weight excluding hydrogens is 232 g/mol. The average molecular weight is 248 g/mol. The van der Waals surface area contributed by atoms with E-state index in [-0.39, 0.29) is 16.4 Å². The van der Waals surface area contributed by atoms with Crippen LogP contribution in [-0.2, 0) is 9.84 Å². The number of hydrogen-bond donors (Lipinski definition) is 0. The van der Waals surface area contributed by atoms with E-state index >= 15 is 0 Å². The van der Waals surface area contributed by atoms with Crippen LogP contribution >= 0.6 is 0 Å². The Morgan fingerprint density at radius 1 is 1.06 bits per heavy atom. The molecule has 1 aromatic rings. The lowest BCUT2D eigenvalue weighted by molar-refractivity contribution is 0.474. The van der Waals surface area contributed by atoms with Gasteiger partial charge in [-0.2, -0.15) is 0 Å². The zero-order chi connectivity index (χ0) is 11.9. The van der Waals surface area contributed by atoms with Gasteiger partial charge in [0.2, 0.25) is 0 Å². The summed E-state index contributed by atoms with van der Waals surface area (Å²) < 4.78 is 24.7. The monoisotopic (exact) mass is 248 g/mol. The highest BCUT2D eigenvalue weighted by Gasteiger charge is 2.44. The van der Waals surface area contributed by atoms with Crippen LogP contribution < -0.4 is 0 Å². The van der Waals surface area contributed by atoms with Gasteiger partial charge in [0.15, 0.2) is 9.84 Å². The maximum Gasteiger partial charge on any atom is 0.160 e. The minimum atomic E-state index is -2.95. The van der Waals surface area contributed by atoms with Crippen molar-refractivity contribution in [3.05, 3.63) is 48.0 Å². The molecule has 0 amide bonds. The van der Waals surface area contributed by atoms with E-state index < -0.39 is 9.84 Å². The van der Waals surface area contributed by atoms with Crippen molar-refractivity contribution in [1.82, 2.24) is 0 Å². The van der Waals surface area contributed by atoms with Crippen molar-refractivity contribution in [2.75, 3.05) is 0 Å². The van der Waals surface area contributed by atoms with Gasteiger partial charge in [-0.05, 0) is 24.8 Å². The number of sulfone groups is 1. The zero-order valence-corrected chi connectivity index (χ0v) is 10.4. The predicted molar refractivity (Wildman–Crippen MR) is 68.7 cm³/mol. The number of hydrogen-bond acceptors (Lipinski definition) is 2. The van der Waals surface area contributed by atoms with Crippen LogP contribution in [0.2, 0.25) is 0 Å². The molecule has 3 rings (SSSR count). The molecule has 0 radical (unpaired) electrons. The highest BCUT2D eigenvalue weighted by molar-refractivity contribution is 7.93. The first-order valence-electron chi connectivity index (χ1n) is 6.14.